The highest BCUT2D eigenvalue weighted by Crippen LogP contribution is 2.29. The van der Waals surface area contributed by atoms with Crippen molar-refractivity contribution in [3.05, 3.63) is 41.2 Å². The molecule has 1 N–H and O–H groups in total. The average Bonchev–Trinajstić information content (AvgIpc) is 3.35. The normalized spacial score (nSPS) is 17.1. The molecule has 4 nitrogen and oxygen atoms in total. The van der Waals surface area contributed by atoms with E-state index in [1.54, 1.807) is 23.6 Å². The molecule has 4 rings (SSSR count). The molecule has 2 fully saturated rings. The predicted molar refractivity (Wildman–Crippen MR) is 112 cm³/mol. The van der Waals surface area contributed by atoms with Gasteiger partial charge in [0, 0.05) is 30.1 Å². The number of piperidine rings is 1. The lowest BCUT2D eigenvalue weighted by Gasteiger charge is -2.32. The first-order valence-corrected chi connectivity index (χ1v) is 9.82. The number of benzene rings is 1. The molecule has 0 unspecified atom stereocenters. The standard InChI is InChI=1S/C19H22FN3OS.2ClH/c20-16-4-2-1-3-15(16)18-22-17(12-25-18)19(24)23-9-7-14(8-10-23)21-11-13-5-6-13;;/h1-4,12-14,21H,5-11H2;2*1H. The fourth-order valence-electron chi connectivity index (χ4n) is 3.23. The van der Waals surface area contributed by atoms with Crippen LogP contribution in [0.25, 0.3) is 10.6 Å². The number of nitrogens with zero attached hydrogens (tertiary/aromatic N) is 2. The third kappa shape index (κ3) is 5.41. The van der Waals surface area contributed by atoms with Gasteiger partial charge in [-0.25, -0.2) is 9.37 Å². The minimum Gasteiger partial charge on any atom is -0.337 e. The molecule has 1 saturated carbocycles. The highest BCUT2D eigenvalue weighted by atomic mass is 35.5. The number of hydrogen-bond donors (Lipinski definition) is 1. The quantitative estimate of drug-likeness (QED) is 0.762. The molecule has 0 radical (unpaired) electrons. The molecule has 0 bridgehead atoms. The van der Waals surface area contributed by atoms with E-state index in [9.17, 15) is 9.18 Å². The molecule has 1 aliphatic heterocycles. The Bertz CT molecular complexity index is 761. The maximum Gasteiger partial charge on any atom is 0.273 e. The van der Waals surface area contributed by atoms with E-state index in [1.165, 1.54) is 30.2 Å². The summed E-state index contributed by atoms with van der Waals surface area (Å²) in [6, 6.07) is 7.06. The van der Waals surface area contributed by atoms with Gasteiger partial charge in [0.1, 0.15) is 16.5 Å². The van der Waals surface area contributed by atoms with Gasteiger partial charge in [0.2, 0.25) is 0 Å². The molecule has 1 aromatic carbocycles. The number of hydrogen-bond acceptors (Lipinski definition) is 4. The van der Waals surface area contributed by atoms with E-state index in [2.05, 4.69) is 10.3 Å². The Labute approximate surface area is 175 Å². The van der Waals surface area contributed by atoms with Gasteiger partial charge >= 0.3 is 0 Å². The first kappa shape index (κ1) is 22.1. The van der Waals surface area contributed by atoms with Crippen LogP contribution >= 0.6 is 36.2 Å². The van der Waals surface area contributed by atoms with Crippen molar-refractivity contribution in [1.82, 2.24) is 15.2 Å². The lowest BCUT2D eigenvalue weighted by atomic mass is 10.0. The third-order valence-electron chi connectivity index (χ3n) is 5.00. The van der Waals surface area contributed by atoms with Crippen molar-refractivity contribution in [2.75, 3.05) is 19.6 Å². The van der Waals surface area contributed by atoms with Crippen LogP contribution in [0, 0.1) is 11.7 Å². The smallest absolute Gasteiger partial charge is 0.273 e. The van der Waals surface area contributed by atoms with Crippen LogP contribution in [0.3, 0.4) is 0 Å². The van der Waals surface area contributed by atoms with Gasteiger partial charge in [-0.15, -0.1) is 36.2 Å². The fourth-order valence-corrected chi connectivity index (χ4v) is 4.05. The van der Waals surface area contributed by atoms with Crippen molar-refractivity contribution >= 4 is 42.1 Å². The number of amides is 1. The van der Waals surface area contributed by atoms with Gasteiger partial charge in [0.05, 0.1) is 0 Å². The number of aromatic nitrogens is 1. The van der Waals surface area contributed by atoms with Gasteiger partial charge in [0.25, 0.3) is 5.91 Å². The topological polar surface area (TPSA) is 45.2 Å². The van der Waals surface area contributed by atoms with Gasteiger partial charge in [0.15, 0.2) is 0 Å². The van der Waals surface area contributed by atoms with Crippen LogP contribution in [0.1, 0.15) is 36.2 Å². The molecule has 148 valence electrons. The van der Waals surface area contributed by atoms with E-state index < -0.39 is 0 Å². The van der Waals surface area contributed by atoms with Crippen molar-refractivity contribution in [2.45, 2.75) is 31.7 Å². The Balaban J connectivity index is 0.00000131. The Morgan fingerprint density at radius 3 is 2.56 bits per heavy atom. The molecule has 1 amide bonds. The van der Waals surface area contributed by atoms with Crippen LogP contribution in [-0.4, -0.2) is 41.5 Å². The van der Waals surface area contributed by atoms with Crippen molar-refractivity contribution < 1.29 is 9.18 Å². The molecule has 1 aliphatic carbocycles. The molecule has 8 heteroatoms. The minimum atomic E-state index is -0.307. The first-order chi connectivity index (χ1) is 12.2. The highest BCUT2D eigenvalue weighted by molar-refractivity contribution is 7.13. The molecule has 1 saturated heterocycles. The zero-order valence-corrected chi connectivity index (χ0v) is 17.3. The Morgan fingerprint density at radius 1 is 1.19 bits per heavy atom. The van der Waals surface area contributed by atoms with Crippen LogP contribution in [0.15, 0.2) is 29.6 Å². The molecule has 0 atom stereocenters. The molecule has 2 aromatic rings. The molecule has 0 spiro atoms. The number of carbonyl (C=O) groups is 1. The summed E-state index contributed by atoms with van der Waals surface area (Å²) in [7, 11) is 0. The van der Waals surface area contributed by atoms with Crippen LogP contribution in [-0.2, 0) is 0 Å². The van der Waals surface area contributed by atoms with Crippen LogP contribution in [0.2, 0.25) is 0 Å². The number of nitrogens with one attached hydrogen (secondary N) is 1. The monoisotopic (exact) mass is 431 g/mol. The zero-order valence-electron chi connectivity index (χ0n) is 14.9. The number of thiazole rings is 1. The molecule has 27 heavy (non-hydrogen) atoms. The summed E-state index contributed by atoms with van der Waals surface area (Å²) in [6.07, 6.45) is 4.70. The van der Waals surface area contributed by atoms with Crippen molar-refractivity contribution in [1.29, 1.82) is 0 Å². The van der Waals surface area contributed by atoms with Gasteiger partial charge in [-0.3, -0.25) is 4.79 Å². The van der Waals surface area contributed by atoms with Gasteiger partial charge in [-0.05, 0) is 50.3 Å². The van der Waals surface area contributed by atoms with E-state index in [4.69, 9.17) is 0 Å². The lowest BCUT2D eigenvalue weighted by molar-refractivity contribution is 0.0700. The number of likely N-dealkylation sites (tertiary alicyclic amines) is 1. The van der Waals surface area contributed by atoms with Gasteiger partial charge < -0.3 is 10.2 Å². The van der Waals surface area contributed by atoms with Gasteiger partial charge in [-0.2, -0.15) is 0 Å². The van der Waals surface area contributed by atoms with E-state index in [-0.39, 0.29) is 36.5 Å². The van der Waals surface area contributed by atoms with Crippen LogP contribution in [0.5, 0.6) is 0 Å². The third-order valence-corrected chi connectivity index (χ3v) is 5.88. The number of halogens is 3. The molecular weight excluding hydrogens is 408 g/mol. The fraction of sp³-hybridized carbons (Fsp3) is 0.474. The first-order valence-electron chi connectivity index (χ1n) is 8.94. The van der Waals surface area contributed by atoms with E-state index in [0.717, 1.165) is 38.4 Å². The molecule has 2 heterocycles. The summed E-state index contributed by atoms with van der Waals surface area (Å²) < 4.78 is 13.9. The second kappa shape index (κ2) is 9.82. The maximum absolute atomic E-state index is 13.9. The lowest BCUT2D eigenvalue weighted by Crippen LogP contribution is -2.45. The van der Waals surface area contributed by atoms with Crippen molar-refractivity contribution in [3.63, 3.8) is 0 Å². The molecule has 2 aliphatic rings. The minimum absolute atomic E-state index is 0. The van der Waals surface area contributed by atoms with E-state index in [0.29, 0.717) is 22.3 Å². The number of carbonyl (C=O) groups excluding carboxylic acids is 1. The average molecular weight is 432 g/mol. The SMILES string of the molecule is Cl.Cl.O=C(c1csc(-c2ccccc2F)n1)N1CCC(NCC2CC2)CC1. The van der Waals surface area contributed by atoms with Gasteiger partial charge in [-0.1, -0.05) is 12.1 Å². The van der Waals surface area contributed by atoms with Crippen molar-refractivity contribution in [2.24, 2.45) is 5.92 Å². The summed E-state index contributed by atoms with van der Waals surface area (Å²) in [4.78, 5) is 18.9. The second-order valence-corrected chi connectivity index (χ2v) is 7.79. The largest absolute Gasteiger partial charge is 0.337 e. The maximum atomic E-state index is 13.9. The summed E-state index contributed by atoms with van der Waals surface area (Å²) >= 11 is 1.32. The summed E-state index contributed by atoms with van der Waals surface area (Å²) in [5.74, 6) is 0.532. The second-order valence-electron chi connectivity index (χ2n) is 6.94. The Hall–Kier alpha value is -1.21. The Kier molecular flexibility index (Phi) is 8.04. The zero-order chi connectivity index (χ0) is 17.2. The highest BCUT2D eigenvalue weighted by Gasteiger charge is 2.27. The number of rotatable bonds is 5. The van der Waals surface area contributed by atoms with E-state index in [1.807, 2.05) is 4.90 Å². The van der Waals surface area contributed by atoms with Crippen LogP contribution < -0.4 is 5.32 Å². The summed E-state index contributed by atoms with van der Waals surface area (Å²) in [5.41, 5.74) is 0.877. The van der Waals surface area contributed by atoms with E-state index >= 15 is 0 Å². The van der Waals surface area contributed by atoms with Crippen LogP contribution in [0.4, 0.5) is 4.39 Å². The molecule has 1 aromatic heterocycles. The predicted octanol–water partition coefficient (Wildman–Crippen LogP) is 4.40. The molecular formula is C19H24Cl2FN3OS. The summed E-state index contributed by atoms with van der Waals surface area (Å²) in [5, 5.41) is 5.92. The summed E-state index contributed by atoms with van der Waals surface area (Å²) in [6.45, 7) is 2.64. The Morgan fingerprint density at radius 2 is 1.89 bits per heavy atom. The van der Waals surface area contributed by atoms with Crippen molar-refractivity contribution in [3.8, 4) is 10.6 Å².